The van der Waals surface area contributed by atoms with Crippen LogP contribution in [0.5, 0.6) is 5.75 Å². The zero-order valence-electron chi connectivity index (χ0n) is 25.2. The van der Waals surface area contributed by atoms with Crippen molar-refractivity contribution in [2.45, 2.75) is 98.3 Å². The predicted octanol–water partition coefficient (Wildman–Crippen LogP) is 6.59. The molecule has 1 aliphatic rings. The Morgan fingerprint density at radius 1 is 1.00 bits per heavy atom. The molecule has 6 heteroatoms. The lowest BCUT2D eigenvalue weighted by Crippen LogP contribution is -2.49. The van der Waals surface area contributed by atoms with E-state index >= 15 is 0 Å². The van der Waals surface area contributed by atoms with Crippen molar-refractivity contribution in [2.24, 2.45) is 17.3 Å². The minimum absolute atomic E-state index is 0.0260. The van der Waals surface area contributed by atoms with Gasteiger partial charge < -0.3 is 20.1 Å². The number of rotatable bonds is 9. The summed E-state index contributed by atoms with van der Waals surface area (Å²) in [6, 6.07) is 14.5. The molecular weight excluding hydrogens is 488 g/mol. The number of hydrogen-bond donors (Lipinski definition) is 2. The van der Waals surface area contributed by atoms with Gasteiger partial charge in [0.1, 0.15) is 11.8 Å². The maximum atomic E-state index is 14.1. The van der Waals surface area contributed by atoms with Crippen LogP contribution in [0, 0.1) is 17.3 Å². The summed E-state index contributed by atoms with van der Waals surface area (Å²) in [5.41, 5.74) is 2.76. The number of carbonyl (C=O) groups excluding carboxylic acids is 1. The van der Waals surface area contributed by atoms with Gasteiger partial charge in [-0.2, -0.15) is 0 Å². The first kappa shape index (κ1) is 30.7. The molecule has 2 aromatic rings. The van der Waals surface area contributed by atoms with Crippen LogP contribution < -0.4 is 10.1 Å². The van der Waals surface area contributed by atoms with Crippen LogP contribution >= 0.6 is 0 Å². The van der Waals surface area contributed by atoms with E-state index in [1.54, 1.807) is 12.0 Å². The second-order valence-electron chi connectivity index (χ2n) is 13.0. The van der Waals surface area contributed by atoms with Crippen LogP contribution in [0.4, 0.5) is 0 Å². The summed E-state index contributed by atoms with van der Waals surface area (Å²) in [5.74, 6) is -0.785. The van der Waals surface area contributed by atoms with Gasteiger partial charge in [-0.25, -0.2) is 4.79 Å². The van der Waals surface area contributed by atoms with Gasteiger partial charge in [0.15, 0.2) is 0 Å². The molecule has 1 amide bonds. The molecule has 0 saturated carbocycles. The van der Waals surface area contributed by atoms with Crippen molar-refractivity contribution >= 4 is 11.9 Å². The van der Waals surface area contributed by atoms with Crippen molar-refractivity contribution in [3.05, 3.63) is 65.2 Å². The van der Waals surface area contributed by atoms with Crippen LogP contribution in [0.25, 0.3) is 0 Å². The number of ether oxygens (including phenoxy) is 1. The zero-order valence-corrected chi connectivity index (χ0v) is 25.2. The van der Waals surface area contributed by atoms with Gasteiger partial charge in [0.25, 0.3) is 0 Å². The van der Waals surface area contributed by atoms with Crippen molar-refractivity contribution in [1.82, 2.24) is 10.2 Å². The third-order valence-electron chi connectivity index (χ3n) is 8.32. The van der Waals surface area contributed by atoms with Gasteiger partial charge in [0, 0.05) is 30.0 Å². The number of amides is 1. The summed E-state index contributed by atoms with van der Waals surface area (Å²) in [4.78, 5) is 28.8. The number of methoxy groups -OCH3 is 1. The number of carbonyl (C=O) groups is 2. The number of aliphatic carboxylic acids is 1. The highest BCUT2D eigenvalue weighted by Gasteiger charge is 2.58. The van der Waals surface area contributed by atoms with Gasteiger partial charge in [-0.1, -0.05) is 97.9 Å². The van der Waals surface area contributed by atoms with E-state index in [2.05, 4.69) is 59.0 Å². The summed E-state index contributed by atoms with van der Waals surface area (Å²) in [6.45, 7) is 17.3. The Morgan fingerprint density at radius 2 is 1.62 bits per heavy atom. The van der Waals surface area contributed by atoms with E-state index < -0.39 is 18.1 Å². The number of nitrogens with zero attached hydrogens (tertiary/aromatic N) is 1. The first-order valence-electron chi connectivity index (χ1n) is 14.3. The van der Waals surface area contributed by atoms with E-state index in [4.69, 9.17) is 4.74 Å². The largest absolute Gasteiger partial charge is 0.496 e. The Bertz CT molecular complexity index is 1130. The highest BCUT2D eigenvalue weighted by molar-refractivity contribution is 5.87. The second-order valence-corrected chi connectivity index (χ2v) is 13.0. The molecule has 0 aliphatic carbocycles. The quantitative estimate of drug-likeness (QED) is 0.378. The molecule has 1 saturated heterocycles. The summed E-state index contributed by atoms with van der Waals surface area (Å²) >= 11 is 0. The maximum absolute atomic E-state index is 14.1. The molecule has 0 aromatic heterocycles. The number of hydrogen-bond acceptors (Lipinski definition) is 4. The van der Waals surface area contributed by atoms with Crippen molar-refractivity contribution < 1.29 is 19.4 Å². The molecule has 3 rings (SSSR count). The van der Waals surface area contributed by atoms with Gasteiger partial charge in [0.05, 0.1) is 13.2 Å². The van der Waals surface area contributed by atoms with E-state index in [-0.39, 0.29) is 34.6 Å². The predicted molar refractivity (Wildman–Crippen MR) is 157 cm³/mol. The average molecular weight is 537 g/mol. The summed E-state index contributed by atoms with van der Waals surface area (Å²) in [5, 5.41) is 14.4. The monoisotopic (exact) mass is 536 g/mol. The summed E-state index contributed by atoms with van der Waals surface area (Å²) < 4.78 is 5.71. The molecule has 1 heterocycles. The molecule has 0 spiro atoms. The van der Waals surface area contributed by atoms with Gasteiger partial charge >= 0.3 is 5.97 Å². The lowest BCUT2D eigenvalue weighted by atomic mass is 9.72. The number of benzene rings is 2. The molecule has 0 bridgehead atoms. The third-order valence-corrected chi connectivity index (χ3v) is 8.32. The smallest absolute Gasteiger partial charge is 0.326 e. The molecule has 214 valence electrons. The topological polar surface area (TPSA) is 78.9 Å². The lowest BCUT2D eigenvalue weighted by molar-refractivity contribution is -0.154. The molecule has 2 aromatic carbocycles. The molecule has 1 fully saturated rings. The van der Waals surface area contributed by atoms with Crippen LogP contribution in [0.3, 0.4) is 0 Å². The Balaban J connectivity index is 2.17. The highest BCUT2D eigenvalue weighted by atomic mass is 16.5. The Labute approximate surface area is 235 Å². The van der Waals surface area contributed by atoms with Crippen molar-refractivity contribution in [3.63, 3.8) is 0 Å². The third kappa shape index (κ3) is 6.49. The number of carboxylic acids is 1. The molecule has 6 nitrogen and oxygen atoms in total. The van der Waals surface area contributed by atoms with Crippen LogP contribution in [-0.4, -0.2) is 41.1 Å². The fourth-order valence-corrected chi connectivity index (χ4v) is 6.19. The van der Waals surface area contributed by atoms with E-state index in [1.807, 2.05) is 50.2 Å². The van der Waals surface area contributed by atoms with E-state index in [0.29, 0.717) is 19.4 Å². The molecule has 4 atom stereocenters. The lowest BCUT2D eigenvalue weighted by Gasteiger charge is -2.35. The number of likely N-dealkylation sites (tertiary alicyclic amines) is 1. The SMILES string of the molecule is CCC(CC)C(=O)N1[C@H](C(=O)O)[C@@H](C(C)(C)C)[C@H](NCc2cc(C(C)(C)C)ccc2OC)[C@@H]1c1ccccc1. The molecular formula is C33H48N2O4. The zero-order chi connectivity index (χ0) is 29.1. The second kappa shape index (κ2) is 12.1. The van der Waals surface area contributed by atoms with Crippen LogP contribution in [0.15, 0.2) is 48.5 Å². The normalized spacial score (nSPS) is 21.8. The van der Waals surface area contributed by atoms with E-state index in [9.17, 15) is 14.7 Å². The number of nitrogens with one attached hydrogen (secondary N) is 1. The van der Waals surface area contributed by atoms with E-state index in [0.717, 1.165) is 16.9 Å². The average Bonchev–Trinajstić information content (AvgIpc) is 3.24. The van der Waals surface area contributed by atoms with Gasteiger partial charge in [-0.05, 0) is 40.9 Å². The first-order chi connectivity index (χ1) is 18.3. The molecule has 39 heavy (non-hydrogen) atoms. The standard InChI is InChI=1S/C33H48N2O4/c1-10-21(11-2)30(36)35-28(22-15-13-12-14-16-22)27(26(33(6,7)8)29(35)31(37)38)34-20-23-19-24(32(3,4)5)17-18-25(23)39-9/h12-19,21,26-29,34H,10-11,20H2,1-9H3,(H,37,38)/t26-,27-,28-,29-/m0/s1. The first-order valence-corrected chi connectivity index (χ1v) is 14.3. The van der Waals surface area contributed by atoms with E-state index in [1.165, 1.54) is 5.56 Å². The van der Waals surface area contributed by atoms with Crippen LogP contribution in [0.2, 0.25) is 0 Å². The highest BCUT2D eigenvalue weighted by Crippen LogP contribution is 2.49. The summed E-state index contributed by atoms with van der Waals surface area (Å²) in [6.07, 6.45) is 1.35. The molecule has 1 aliphatic heterocycles. The fourth-order valence-electron chi connectivity index (χ4n) is 6.19. The van der Waals surface area contributed by atoms with Crippen LogP contribution in [0.1, 0.15) is 91.0 Å². The molecule has 0 unspecified atom stereocenters. The van der Waals surface area contributed by atoms with Gasteiger partial charge in [0.2, 0.25) is 5.91 Å². The minimum Gasteiger partial charge on any atom is -0.496 e. The summed E-state index contributed by atoms with van der Waals surface area (Å²) in [7, 11) is 1.67. The molecule has 2 N–H and O–H groups in total. The van der Waals surface area contributed by atoms with Gasteiger partial charge in [-0.3, -0.25) is 4.79 Å². The molecule has 0 radical (unpaired) electrons. The van der Waals surface area contributed by atoms with Crippen molar-refractivity contribution in [3.8, 4) is 5.75 Å². The Kier molecular flexibility index (Phi) is 9.53. The maximum Gasteiger partial charge on any atom is 0.326 e. The van der Waals surface area contributed by atoms with Crippen LogP contribution in [-0.2, 0) is 21.5 Å². The Morgan fingerprint density at radius 3 is 2.10 bits per heavy atom. The van der Waals surface area contributed by atoms with Crippen molar-refractivity contribution in [1.29, 1.82) is 0 Å². The van der Waals surface area contributed by atoms with Gasteiger partial charge in [-0.15, -0.1) is 0 Å². The minimum atomic E-state index is -0.952. The number of carboxylic acid groups (broad SMARTS) is 1. The fraction of sp³-hybridized carbons (Fsp3) is 0.576. The Hall–Kier alpha value is -2.86. The van der Waals surface area contributed by atoms with Crippen molar-refractivity contribution in [2.75, 3.05) is 7.11 Å².